The van der Waals surface area contributed by atoms with Gasteiger partial charge in [-0.2, -0.15) is 8.78 Å². The molecule has 32 heavy (non-hydrogen) atoms. The summed E-state index contributed by atoms with van der Waals surface area (Å²) in [6.07, 6.45) is -4.86. The Morgan fingerprint density at radius 2 is 1.56 bits per heavy atom. The van der Waals surface area contributed by atoms with Gasteiger partial charge in [0.2, 0.25) is 5.82 Å². The average molecular weight is 469 g/mol. The Labute approximate surface area is 174 Å². The number of hydrogen-bond acceptors (Lipinski definition) is 4. The van der Waals surface area contributed by atoms with Crippen LogP contribution in [0.2, 0.25) is 0 Å². The SMILES string of the molecule is CC[C@@H](C(=O)OC)N1C(=O)C(F)(F)Oc2cc(F)c(-c3c(F)c(F)c(F)c(F)c3F)cc21. The van der Waals surface area contributed by atoms with Crippen molar-refractivity contribution >= 4 is 17.6 Å². The zero-order valence-corrected chi connectivity index (χ0v) is 16.0. The van der Waals surface area contributed by atoms with Gasteiger partial charge in [0.1, 0.15) is 11.9 Å². The van der Waals surface area contributed by atoms with Gasteiger partial charge in [0.15, 0.2) is 29.0 Å². The lowest BCUT2D eigenvalue weighted by Crippen LogP contribution is -2.56. The van der Waals surface area contributed by atoms with Crippen LogP contribution in [0, 0.1) is 34.9 Å². The number of anilines is 1. The molecule has 3 rings (SSSR count). The van der Waals surface area contributed by atoms with Crippen LogP contribution in [0.3, 0.4) is 0 Å². The van der Waals surface area contributed by atoms with Crippen molar-refractivity contribution < 1.29 is 54.2 Å². The number of alkyl halides is 2. The maximum atomic E-state index is 14.6. The predicted octanol–water partition coefficient (Wildman–Crippen LogP) is 4.46. The molecule has 0 saturated carbocycles. The van der Waals surface area contributed by atoms with E-state index in [1.54, 1.807) is 0 Å². The highest BCUT2D eigenvalue weighted by Crippen LogP contribution is 2.45. The number of ether oxygens (including phenoxy) is 2. The molecule has 0 aliphatic carbocycles. The van der Waals surface area contributed by atoms with Gasteiger partial charge < -0.3 is 9.47 Å². The summed E-state index contributed by atoms with van der Waals surface area (Å²) < 4.78 is 120. The van der Waals surface area contributed by atoms with Crippen LogP contribution in [0.25, 0.3) is 11.1 Å². The average Bonchev–Trinajstić information content (AvgIpc) is 2.74. The highest BCUT2D eigenvalue weighted by molar-refractivity contribution is 6.05. The van der Waals surface area contributed by atoms with Gasteiger partial charge in [0.05, 0.1) is 18.4 Å². The van der Waals surface area contributed by atoms with Crippen LogP contribution >= 0.6 is 0 Å². The molecule has 0 N–H and O–H groups in total. The van der Waals surface area contributed by atoms with Crippen molar-refractivity contribution in [2.24, 2.45) is 0 Å². The minimum absolute atomic E-state index is 0.152. The Kier molecular flexibility index (Phi) is 5.78. The molecule has 1 heterocycles. The Bertz CT molecular complexity index is 1110. The maximum Gasteiger partial charge on any atom is 0.483 e. The number of nitrogens with zero attached hydrogens (tertiary/aromatic N) is 1. The van der Waals surface area contributed by atoms with E-state index in [4.69, 9.17) is 0 Å². The minimum Gasteiger partial charge on any atom is -0.467 e. The van der Waals surface area contributed by atoms with E-state index in [9.17, 15) is 44.7 Å². The standard InChI is InChI=1S/C19H11F8NO4/c1-3-8(17(29)31-2)28-9-4-6(7(20)5-10(9)32-19(26,27)18(28)30)11-12(21)14(23)16(25)15(24)13(11)22/h4-5,8H,3H2,1-2H3/t8-/m0/s1. The number of methoxy groups -OCH3 is 1. The van der Waals surface area contributed by atoms with Crippen molar-refractivity contribution in [1.82, 2.24) is 0 Å². The van der Waals surface area contributed by atoms with E-state index in [-0.39, 0.29) is 17.4 Å². The summed E-state index contributed by atoms with van der Waals surface area (Å²) in [6.45, 7) is 1.30. The molecule has 0 radical (unpaired) electrons. The summed E-state index contributed by atoms with van der Waals surface area (Å²) in [4.78, 5) is 24.5. The number of rotatable bonds is 4. The molecule has 1 amide bonds. The minimum atomic E-state index is -4.56. The van der Waals surface area contributed by atoms with Gasteiger partial charge in [-0.05, 0) is 12.5 Å². The summed E-state index contributed by atoms with van der Waals surface area (Å²) >= 11 is 0. The van der Waals surface area contributed by atoms with Crippen molar-refractivity contribution in [2.75, 3.05) is 12.0 Å². The molecule has 1 aliphatic rings. The molecule has 0 fully saturated rings. The third kappa shape index (κ3) is 3.41. The van der Waals surface area contributed by atoms with Gasteiger partial charge in [-0.1, -0.05) is 6.92 Å². The van der Waals surface area contributed by atoms with E-state index >= 15 is 0 Å². The lowest BCUT2D eigenvalue weighted by atomic mass is 9.99. The number of esters is 1. The van der Waals surface area contributed by atoms with Crippen LogP contribution in [0.1, 0.15) is 13.3 Å². The van der Waals surface area contributed by atoms with Crippen LogP contribution in [-0.4, -0.2) is 31.1 Å². The van der Waals surface area contributed by atoms with Gasteiger partial charge in [-0.15, -0.1) is 0 Å². The van der Waals surface area contributed by atoms with E-state index < -0.39 is 81.5 Å². The number of carbonyl (C=O) groups is 2. The number of hydrogen-bond donors (Lipinski definition) is 0. The molecule has 0 spiro atoms. The molecule has 13 heteroatoms. The number of halogens is 8. The van der Waals surface area contributed by atoms with Gasteiger partial charge in [0, 0.05) is 11.6 Å². The highest BCUT2D eigenvalue weighted by atomic mass is 19.3. The molecule has 2 aromatic rings. The third-order valence-electron chi connectivity index (χ3n) is 4.66. The van der Waals surface area contributed by atoms with Crippen LogP contribution < -0.4 is 9.64 Å². The molecule has 0 saturated heterocycles. The van der Waals surface area contributed by atoms with Crippen LogP contribution in [0.4, 0.5) is 40.8 Å². The Morgan fingerprint density at radius 3 is 2.06 bits per heavy atom. The largest absolute Gasteiger partial charge is 0.483 e. The number of amides is 1. The molecule has 0 unspecified atom stereocenters. The zero-order valence-electron chi connectivity index (χ0n) is 16.0. The second kappa shape index (κ2) is 7.95. The third-order valence-corrected chi connectivity index (χ3v) is 4.66. The lowest BCUT2D eigenvalue weighted by molar-refractivity contribution is -0.194. The van der Waals surface area contributed by atoms with Gasteiger partial charge in [-0.25, -0.2) is 31.1 Å². The van der Waals surface area contributed by atoms with Crippen LogP contribution in [-0.2, 0) is 14.3 Å². The van der Waals surface area contributed by atoms with Crippen molar-refractivity contribution in [3.63, 3.8) is 0 Å². The molecule has 0 aromatic heterocycles. The fourth-order valence-electron chi connectivity index (χ4n) is 3.18. The topological polar surface area (TPSA) is 55.8 Å². The summed E-state index contributed by atoms with van der Waals surface area (Å²) in [5.74, 6) is -18.1. The highest BCUT2D eigenvalue weighted by Gasteiger charge is 2.54. The molecule has 2 aromatic carbocycles. The normalized spacial score (nSPS) is 15.8. The van der Waals surface area contributed by atoms with E-state index in [1.807, 2.05) is 0 Å². The van der Waals surface area contributed by atoms with Crippen molar-refractivity contribution in [3.05, 3.63) is 47.0 Å². The van der Waals surface area contributed by atoms with Crippen LogP contribution in [0.5, 0.6) is 5.75 Å². The first-order chi connectivity index (χ1) is 14.9. The molecular weight excluding hydrogens is 458 g/mol. The number of benzene rings is 2. The Balaban J connectivity index is 2.34. The van der Waals surface area contributed by atoms with Crippen LogP contribution in [0.15, 0.2) is 12.1 Å². The first kappa shape index (κ1) is 23.3. The quantitative estimate of drug-likeness (QED) is 0.287. The predicted molar refractivity (Wildman–Crippen MR) is 90.8 cm³/mol. The summed E-state index contributed by atoms with van der Waals surface area (Å²) in [5.41, 5.74) is -3.75. The zero-order chi connectivity index (χ0) is 24.1. The number of fused-ring (bicyclic) bond motifs is 1. The monoisotopic (exact) mass is 469 g/mol. The fourth-order valence-corrected chi connectivity index (χ4v) is 3.18. The van der Waals surface area contributed by atoms with E-state index in [2.05, 4.69) is 9.47 Å². The van der Waals surface area contributed by atoms with Crippen molar-refractivity contribution in [2.45, 2.75) is 25.5 Å². The lowest BCUT2D eigenvalue weighted by Gasteiger charge is -2.37. The maximum absolute atomic E-state index is 14.6. The molecule has 5 nitrogen and oxygen atoms in total. The smallest absolute Gasteiger partial charge is 0.467 e. The summed E-state index contributed by atoms with van der Waals surface area (Å²) in [7, 11) is 0.889. The van der Waals surface area contributed by atoms with Gasteiger partial charge in [0.25, 0.3) is 0 Å². The first-order valence-electron chi connectivity index (χ1n) is 8.70. The molecule has 1 aliphatic heterocycles. The Morgan fingerprint density at radius 1 is 1.03 bits per heavy atom. The number of carbonyl (C=O) groups excluding carboxylic acids is 2. The summed E-state index contributed by atoms with van der Waals surface area (Å²) in [6, 6.07) is -1.18. The van der Waals surface area contributed by atoms with Gasteiger partial charge >= 0.3 is 18.0 Å². The van der Waals surface area contributed by atoms with E-state index in [1.165, 1.54) is 6.92 Å². The molecule has 1 atom stereocenters. The first-order valence-corrected chi connectivity index (χ1v) is 8.70. The van der Waals surface area contributed by atoms with Gasteiger partial charge in [-0.3, -0.25) is 9.69 Å². The molecule has 172 valence electrons. The second-order valence-electron chi connectivity index (χ2n) is 6.49. The van der Waals surface area contributed by atoms with Crippen molar-refractivity contribution in [3.8, 4) is 16.9 Å². The van der Waals surface area contributed by atoms with E-state index in [0.29, 0.717) is 6.07 Å². The molecular formula is C19H11F8NO4. The molecule has 0 bridgehead atoms. The van der Waals surface area contributed by atoms with E-state index in [0.717, 1.165) is 7.11 Å². The fraction of sp³-hybridized carbons (Fsp3) is 0.263. The van der Waals surface area contributed by atoms with Crippen molar-refractivity contribution in [1.29, 1.82) is 0 Å². The summed E-state index contributed by atoms with van der Waals surface area (Å²) in [5, 5.41) is 0. The Hall–Kier alpha value is -3.38. The second-order valence-corrected chi connectivity index (χ2v) is 6.49.